The maximum Gasteiger partial charge on any atom is 0.162 e. The van der Waals surface area contributed by atoms with Crippen molar-refractivity contribution in [3.8, 4) is 17.2 Å². The largest absolute Gasteiger partial charge is 0.504 e. The van der Waals surface area contributed by atoms with E-state index in [-0.39, 0.29) is 18.0 Å². The topological polar surface area (TPSA) is 63.1 Å². The SMILES string of the molecule is CCOc1cccc(C2CC(c3ccc(Cl)cc3)=NC(c3ccc(OC)c(Br)c3)N2)c1O. The molecule has 0 bridgehead atoms. The molecule has 1 aliphatic rings. The fraction of sp³-hybridized carbons (Fsp3) is 0.240. The normalized spacial score (nSPS) is 18.2. The molecule has 2 atom stereocenters. The molecule has 0 saturated heterocycles. The Kier molecular flexibility index (Phi) is 7.04. The van der Waals surface area contributed by atoms with E-state index in [4.69, 9.17) is 26.1 Å². The lowest BCUT2D eigenvalue weighted by atomic mass is 9.93. The van der Waals surface area contributed by atoms with Crippen LogP contribution < -0.4 is 14.8 Å². The van der Waals surface area contributed by atoms with Gasteiger partial charge >= 0.3 is 0 Å². The van der Waals surface area contributed by atoms with Gasteiger partial charge in [-0.1, -0.05) is 41.9 Å². The standard InChI is InChI=1S/C25H24BrClN2O3/c1-3-32-23-6-4-5-18(24(23)30)21-14-20(15-7-10-17(27)11-8-15)28-25(29-21)16-9-12-22(31-2)19(26)13-16/h4-13,21,25,29-30H,3,14H2,1-2H3. The molecular weight excluding hydrogens is 492 g/mol. The Morgan fingerprint density at radius 1 is 1.12 bits per heavy atom. The van der Waals surface area contributed by atoms with Crippen molar-refractivity contribution in [1.29, 1.82) is 0 Å². The number of benzene rings is 3. The minimum atomic E-state index is -0.309. The van der Waals surface area contributed by atoms with E-state index in [1.165, 1.54) is 0 Å². The van der Waals surface area contributed by atoms with E-state index in [9.17, 15) is 5.11 Å². The molecule has 166 valence electrons. The second-order valence-electron chi connectivity index (χ2n) is 7.43. The minimum absolute atomic E-state index is 0.152. The van der Waals surface area contributed by atoms with Crippen LogP contribution in [0.4, 0.5) is 0 Å². The van der Waals surface area contributed by atoms with E-state index in [2.05, 4.69) is 21.2 Å². The molecule has 3 aromatic rings. The number of aliphatic imine (C=N–C) groups is 1. The Labute approximate surface area is 201 Å². The summed E-state index contributed by atoms with van der Waals surface area (Å²) in [5.74, 6) is 1.38. The Hall–Kier alpha value is -2.54. The number of hydrogen-bond donors (Lipinski definition) is 2. The highest BCUT2D eigenvalue weighted by molar-refractivity contribution is 9.10. The molecule has 0 saturated carbocycles. The van der Waals surface area contributed by atoms with E-state index >= 15 is 0 Å². The average Bonchev–Trinajstić information content (AvgIpc) is 2.80. The summed E-state index contributed by atoms with van der Waals surface area (Å²) in [6.07, 6.45) is 0.301. The lowest BCUT2D eigenvalue weighted by Crippen LogP contribution is -2.33. The molecule has 4 rings (SSSR count). The number of ether oxygens (including phenoxy) is 2. The highest BCUT2D eigenvalue weighted by atomic mass is 79.9. The van der Waals surface area contributed by atoms with Gasteiger partial charge in [0, 0.05) is 28.8 Å². The first kappa shape index (κ1) is 22.6. The molecule has 0 aliphatic carbocycles. The molecule has 1 aliphatic heterocycles. The second kappa shape index (κ2) is 9.94. The zero-order chi connectivity index (χ0) is 22.7. The van der Waals surface area contributed by atoms with Crippen LogP contribution in [-0.2, 0) is 0 Å². The predicted molar refractivity (Wildman–Crippen MR) is 131 cm³/mol. The molecule has 5 nitrogen and oxygen atoms in total. The number of rotatable bonds is 6. The lowest BCUT2D eigenvalue weighted by molar-refractivity contribution is 0.313. The number of halogens is 2. The quantitative estimate of drug-likeness (QED) is 0.397. The molecule has 3 aromatic carbocycles. The first-order valence-corrected chi connectivity index (χ1v) is 11.5. The minimum Gasteiger partial charge on any atom is -0.504 e. The molecule has 0 aromatic heterocycles. The molecule has 2 N–H and O–H groups in total. The molecular formula is C25H24BrClN2O3. The fourth-order valence-corrected chi connectivity index (χ4v) is 4.52. The zero-order valence-electron chi connectivity index (χ0n) is 17.8. The molecule has 2 unspecified atom stereocenters. The van der Waals surface area contributed by atoms with Gasteiger partial charge in [0.15, 0.2) is 11.5 Å². The first-order valence-electron chi connectivity index (χ1n) is 10.4. The molecule has 7 heteroatoms. The van der Waals surface area contributed by atoms with E-state index in [1.54, 1.807) is 13.2 Å². The van der Waals surface area contributed by atoms with Crippen molar-refractivity contribution >= 4 is 33.2 Å². The van der Waals surface area contributed by atoms with Crippen molar-refractivity contribution in [2.75, 3.05) is 13.7 Å². The summed E-state index contributed by atoms with van der Waals surface area (Å²) in [7, 11) is 1.64. The van der Waals surface area contributed by atoms with Crippen LogP contribution in [0.15, 0.2) is 70.1 Å². The fourth-order valence-electron chi connectivity index (χ4n) is 3.84. The summed E-state index contributed by atoms with van der Waals surface area (Å²) in [6.45, 7) is 2.38. The van der Waals surface area contributed by atoms with E-state index in [0.29, 0.717) is 23.8 Å². The zero-order valence-corrected chi connectivity index (χ0v) is 20.2. The summed E-state index contributed by atoms with van der Waals surface area (Å²) >= 11 is 9.67. The van der Waals surface area contributed by atoms with Gasteiger partial charge in [0.2, 0.25) is 0 Å². The van der Waals surface area contributed by atoms with E-state index in [0.717, 1.165) is 32.6 Å². The van der Waals surface area contributed by atoms with E-state index in [1.807, 2.05) is 61.5 Å². The lowest BCUT2D eigenvalue weighted by Gasteiger charge is -2.31. The van der Waals surface area contributed by atoms with Gasteiger partial charge in [-0.05, 0) is 64.3 Å². The Morgan fingerprint density at radius 2 is 1.91 bits per heavy atom. The van der Waals surface area contributed by atoms with Gasteiger partial charge in [-0.15, -0.1) is 0 Å². The maximum atomic E-state index is 10.9. The highest BCUT2D eigenvalue weighted by Gasteiger charge is 2.29. The maximum absolute atomic E-state index is 10.9. The summed E-state index contributed by atoms with van der Waals surface area (Å²) in [5, 5.41) is 15.1. The van der Waals surface area contributed by atoms with Crippen LogP contribution >= 0.6 is 27.5 Å². The van der Waals surface area contributed by atoms with Crippen LogP contribution in [0.3, 0.4) is 0 Å². The number of hydrogen-bond acceptors (Lipinski definition) is 5. The van der Waals surface area contributed by atoms with Gasteiger partial charge in [-0.25, -0.2) is 0 Å². The third kappa shape index (κ3) is 4.77. The summed E-state index contributed by atoms with van der Waals surface area (Å²) in [5.41, 5.74) is 3.69. The second-order valence-corrected chi connectivity index (χ2v) is 8.72. The van der Waals surface area contributed by atoms with Crippen molar-refractivity contribution in [2.45, 2.75) is 25.6 Å². The summed E-state index contributed by atoms with van der Waals surface area (Å²) in [6, 6.07) is 19.0. The van der Waals surface area contributed by atoms with Crippen LogP contribution in [0.1, 0.15) is 42.2 Å². The van der Waals surface area contributed by atoms with E-state index < -0.39 is 0 Å². The van der Waals surface area contributed by atoms with Crippen molar-refractivity contribution < 1.29 is 14.6 Å². The average molecular weight is 516 g/mol. The Bertz CT molecular complexity index is 1130. The first-order chi connectivity index (χ1) is 15.5. The third-order valence-electron chi connectivity index (χ3n) is 5.42. The number of methoxy groups -OCH3 is 1. The number of nitrogens with zero attached hydrogens (tertiary/aromatic N) is 1. The molecule has 0 radical (unpaired) electrons. The number of phenols is 1. The van der Waals surface area contributed by atoms with Gasteiger partial charge in [-0.2, -0.15) is 0 Å². The van der Waals surface area contributed by atoms with Gasteiger partial charge in [-0.3, -0.25) is 10.3 Å². The number of nitrogens with one attached hydrogen (secondary N) is 1. The van der Waals surface area contributed by atoms with Crippen molar-refractivity contribution in [2.24, 2.45) is 4.99 Å². The molecule has 32 heavy (non-hydrogen) atoms. The van der Waals surface area contributed by atoms with Crippen LogP contribution in [0.25, 0.3) is 0 Å². The van der Waals surface area contributed by atoms with Crippen LogP contribution in [-0.4, -0.2) is 24.5 Å². The van der Waals surface area contributed by atoms with Crippen molar-refractivity contribution in [1.82, 2.24) is 5.32 Å². The van der Waals surface area contributed by atoms with Crippen LogP contribution in [0, 0.1) is 0 Å². The third-order valence-corrected chi connectivity index (χ3v) is 6.29. The summed E-state index contributed by atoms with van der Waals surface area (Å²) < 4.78 is 11.8. The molecule has 0 fully saturated rings. The van der Waals surface area contributed by atoms with Gasteiger partial charge < -0.3 is 14.6 Å². The highest BCUT2D eigenvalue weighted by Crippen LogP contribution is 2.39. The van der Waals surface area contributed by atoms with Crippen LogP contribution in [0.5, 0.6) is 17.2 Å². The summed E-state index contributed by atoms with van der Waals surface area (Å²) in [4.78, 5) is 5.00. The number of phenolic OH excluding ortho intramolecular Hbond substituents is 1. The number of para-hydroxylation sites is 1. The predicted octanol–water partition coefficient (Wildman–Crippen LogP) is 6.44. The molecule has 1 heterocycles. The molecule has 0 amide bonds. The van der Waals surface area contributed by atoms with Gasteiger partial charge in [0.1, 0.15) is 11.9 Å². The Balaban J connectivity index is 1.76. The smallest absolute Gasteiger partial charge is 0.162 e. The Morgan fingerprint density at radius 3 is 2.59 bits per heavy atom. The van der Waals surface area contributed by atoms with Crippen LogP contribution in [0.2, 0.25) is 5.02 Å². The van der Waals surface area contributed by atoms with Gasteiger partial charge in [0.25, 0.3) is 0 Å². The van der Waals surface area contributed by atoms with Crippen molar-refractivity contribution in [3.05, 3.63) is 86.8 Å². The van der Waals surface area contributed by atoms with Gasteiger partial charge in [0.05, 0.1) is 18.2 Å². The molecule has 0 spiro atoms. The van der Waals surface area contributed by atoms with Crippen molar-refractivity contribution in [3.63, 3.8) is 0 Å². The number of aromatic hydroxyl groups is 1. The monoisotopic (exact) mass is 514 g/mol.